The number of amides is 2. The standard InChI is InChI=1S/C30H36IN3O5S/c1-4-6-19-32-30(36)28(5-2)33(21-23-11-10-12-26(20-23)39-3)29(35)22-34(25-17-15-24(31)16-18-25)40(37,38)27-13-8-7-9-14-27/h7-18,20,28H,4-6,19,21-22H2,1-3H3,(H,32,36). The minimum Gasteiger partial charge on any atom is -0.497 e. The minimum absolute atomic E-state index is 0.0741. The Morgan fingerprint density at radius 1 is 0.975 bits per heavy atom. The van der Waals surface area contributed by atoms with Crippen LogP contribution in [0, 0.1) is 3.57 Å². The zero-order chi connectivity index (χ0) is 29.1. The molecule has 0 aliphatic rings. The third-order valence-electron chi connectivity index (χ3n) is 6.43. The van der Waals surface area contributed by atoms with Crippen LogP contribution in [0.25, 0.3) is 0 Å². The highest BCUT2D eigenvalue weighted by molar-refractivity contribution is 14.1. The number of rotatable bonds is 14. The average molecular weight is 678 g/mol. The van der Waals surface area contributed by atoms with Gasteiger partial charge in [-0.2, -0.15) is 0 Å². The summed E-state index contributed by atoms with van der Waals surface area (Å²) >= 11 is 2.14. The lowest BCUT2D eigenvalue weighted by Gasteiger charge is -2.33. The summed E-state index contributed by atoms with van der Waals surface area (Å²) in [5.74, 6) is -0.130. The number of carbonyl (C=O) groups excluding carboxylic acids is 2. The molecule has 0 aliphatic carbocycles. The summed E-state index contributed by atoms with van der Waals surface area (Å²) in [6.07, 6.45) is 2.11. The van der Waals surface area contributed by atoms with Gasteiger partial charge >= 0.3 is 0 Å². The van der Waals surface area contributed by atoms with Crippen LogP contribution < -0.4 is 14.4 Å². The van der Waals surface area contributed by atoms with Gasteiger partial charge in [0.15, 0.2) is 0 Å². The van der Waals surface area contributed by atoms with Gasteiger partial charge in [-0.15, -0.1) is 0 Å². The number of halogens is 1. The van der Waals surface area contributed by atoms with E-state index in [-0.39, 0.29) is 17.3 Å². The molecule has 0 spiro atoms. The normalized spacial score (nSPS) is 11.9. The molecule has 1 N–H and O–H groups in total. The second-order valence-corrected chi connectivity index (χ2v) is 12.4. The minimum atomic E-state index is -4.09. The maximum absolute atomic E-state index is 14.1. The van der Waals surface area contributed by atoms with Crippen molar-refractivity contribution >= 4 is 50.1 Å². The third kappa shape index (κ3) is 8.20. The molecule has 1 unspecified atom stereocenters. The topological polar surface area (TPSA) is 96.0 Å². The molecule has 3 rings (SSSR count). The SMILES string of the molecule is CCCCNC(=O)C(CC)N(Cc1cccc(OC)c1)C(=O)CN(c1ccc(I)cc1)S(=O)(=O)c1ccccc1. The molecule has 3 aromatic carbocycles. The Bertz CT molecular complexity index is 1370. The molecule has 8 nitrogen and oxygen atoms in total. The van der Waals surface area contributed by atoms with E-state index in [1.165, 1.54) is 17.0 Å². The van der Waals surface area contributed by atoms with Gasteiger partial charge in [-0.3, -0.25) is 13.9 Å². The molecule has 2 amide bonds. The first-order valence-corrected chi connectivity index (χ1v) is 15.8. The van der Waals surface area contributed by atoms with Crippen molar-refractivity contribution in [1.29, 1.82) is 0 Å². The van der Waals surface area contributed by atoms with Gasteiger partial charge in [0.25, 0.3) is 10.0 Å². The number of unbranched alkanes of at least 4 members (excludes halogenated alkanes) is 1. The number of carbonyl (C=O) groups is 2. The molecule has 0 bridgehead atoms. The smallest absolute Gasteiger partial charge is 0.264 e. The zero-order valence-electron chi connectivity index (χ0n) is 23.0. The van der Waals surface area contributed by atoms with Crippen LogP contribution in [0.5, 0.6) is 5.75 Å². The number of ether oxygens (including phenoxy) is 1. The zero-order valence-corrected chi connectivity index (χ0v) is 26.0. The molecule has 0 aliphatic heterocycles. The highest BCUT2D eigenvalue weighted by Crippen LogP contribution is 2.26. The Kier molecular flexibility index (Phi) is 11.8. The van der Waals surface area contributed by atoms with E-state index in [9.17, 15) is 18.0 Å². The van der Waals surface area contributed by atoms with E-state index in [4.69, 9.17) is 4.74 Å². The number of nitrogens with zero attached hydrogens (tertiary/aromatic N) is 2. The maximum Gasteiger partial charge on any atom is 0.264 e. The Labute approximate surface area is 250 Å². The van der Waals surface area contributed by atoms with Gasteiger partial charge < -0.3 is 15.0 Å². The molecule has 214 valence electrons. The van der Waals surface area contributed by atoms with Crippen LogP contribution in [0.4, 0.5) is 5.69 Å². The Hall–Kier alpha value is -3.12. The van der Waals surface area contributed by atoms with Crippen LogP contribution in [0.3, 0.4) is 0 Å². The van der Waals surface area contributed by atoms with Gasteiger partial charge in [-0.25, -0.2) is 8.42 Å². The number of sulfonamides is 1. The number of benzene rings is 3. The fraction of sp³-hybridized carbons (Fsp3) is 0.333. The lowest BCUT2D eigenvalue weighted by molar-refractivity contribution is -0.140. The van der Waals surface area contributed by atoms with Gasteiger partial charge in [0.2, 0.25) is 11.8 Å². The Balaban J connectivity index is 2.02. The van der Waals surface area contributed by atoms with E-state index in [1.54, 1.807) is 61.7 Å². The molecular formula is C30H36IN3O5S. The lowest BCUT2D eigenvalue weighted by Crippen LogP contribution is -2.52. The largest absolute Gasteiger partial charge is 0.497 e. The summed E-state index contributed by atoms with van der Waals surface area (Å²) in [4.78, 5) is 28.9. The van der Waals surface area contributed by atoms with E-state index in [2.05, 4.69) is 27.9 Å². The van der Waals surface area contributed by atoms with Gasteiger partial charge in [-0.1, -0.05) is 50.6 Å². The molecule has 40 heavy (non-hydrogen) atoms. The summed E-state index contributed by atoms with van der Waals surface area (Å²) in [7, 11) is -2.53. The summed E-state index contributed by atoms with van der Waals surface area (Å²) in [6.45, 7) is 4.02. The van der Waals surface area contributed by atoms with E-state index >= 15 is 0 Å². The average Bonchev–Trinajstić information content (AvgIpc) is 2.97. The van der Waals surface area contributed by atoms with Crippen LogP contribution in [0.2, 0.25) is 0 Å². The van der Waals surface area contributed by atoms with Crippen LogP contribution in [0.15, 0.2) is 83.8 Å². The molecule has 1 atom stereocenters. The van der Waals surface area contributed by atoms with Gasteiger partial charge in [0, 0.05) is 16.7 Å². The monoisotopic (exact) mass is 677 g/mol. The molecule has 3 aromatic rings. The van der Waals surface area contributed by atoms with Crippen molar-refractivity contribution < 1.29 is 22.7 Å². The number of hydrogen-bond donors (Lipinski definition) is 1. The molecule has 0 saturated carbocycles. The predicted molar refractivity (Wildman–Crippen MR) is 166 cm³/mol. The summed E-state index contributed by atoms with van der Waals surface area (Å²) < 4.78 is 35.0. The first kappa shape index (κ1) is 31.4. The van der Waals surface area contributed by atoms with Gasteiger partial charge in [-0.05, 0) is 89.5 Å². The van der Waals surface area contributed by atoms with Crippen molar-refractivity contribution in [3.05, 3.63) is 88.0 Å². The highest BCUT2D eigenvalue weighted by atomic mass is 127. The van der Waals surface area contributed by atoms with Crippen LogP contribution in [-0.2, 0) is 26.2 Å². The number of nitrogens with one attached hydrogen (secondary N) is 1. The van der Waals surface area contributed by atoms with Gasteiger partial charge in [0.1, 0.15) is 18.3 Å². The highest BCUT2D eigenvalue weighted by Gasteiger charge is 2.33. The second-order valence-electron chi connectivity index (χ2n) is 9.24. The van der Waals surface area contributed by atoms with Crippen molar-refractivity contribution in [2.24, 2.45) is 0 Å². The molecule has 0 heterocycles. The predicted octanol–water partition coefficient (Wildman–Crippen LogP) is 5.22. The van der Waals surface area contributed by atoms with Crippen molar-refractivity contribution in [3.63, 3.8) is 0 Å². The molecule has 0 radical (unpaired) electrons. The van der Waals surface area contributed by atoms with Crippen molar-refractivity contribution in [2.45, 2.75) is 50.6 Å². The summed E-state index contributed by atoms with van der Waals surface area (Å²) in [5, 5.41) is 2.94. The Morgan fingerprint density at radius 2 is 1.68 bits per heavy atom. The third-order valence-corrected chi connectivity index (χ3v) is 8.93. The fourth-order valence-electron chi connectivity index (χ4n) is 4.25. The lowest BCUT2D eigenvalue weighted by atomic mass is 10.1. The van der Waals surface area contributed by atoms with Crippen molar-refractivity contribution in [3.8, 4) is 5.75 Å². The first-order valence-electron chi connectivity index (χ1n) is 13.2. The molecule has 0 aromatic heterocycles. The maximum atomic E-state index is 14.1. The fourth-order valence-corrected chi connectivity index (χ4v) is 6.04. The molecule has 10 heteroatoms. The molecular weight excluding hydrogens is 641 g/mol. The molecule has 0 fully saturated rings. The van der Waals surface area contributed by atoms with E-state index in [0.717, 1.165) is 26.3 Å². The summed E-state index contributed by atoms with van der Waals surface area (Å²) in [5.41, 5.74) is 1.12. The van der Waals surface area contributed by atoms with Crippen LogP contribution in [0.1, 0.15) is 38.7 Å². The second kappa shape index (κ2) is 15.0. The number of hydrogen-bond acceptors (Lipinski definition) is 5. The van der Waals surface area contributed by atoms with Crippen LogP contribution in [-0.4, -0.2) is 51.4 Å². The summed E-state index contributed by atoms with van der Waals surface area (Å²) in [6, 6.07) is 21.4. The van der Waals surface area contributed by atoms with Crippen LogP contribution >= 0.6 is 22.6 Å². The number of methoxy groups -OCH3 is 1. The molecule has 0 saturated heterocycles. The van der Waals surface area contributed by atoms with E-state index in [0.29, 0.717) is 24.4 Å². The first-order chi connectivity index (χ1) is 19.2. The van der Waals surface area contributed by atoms with Gasteiger partial charge in [0.05, 0.1) is 17.7 Å². The Morgan fingerprint density at radius 3 is 2.30 bits per heavy atom. The van der Waals surface area contributed by atoms with Crippen molar-refractivity contribution in [2.75, 3.05) is 24.5 Å². The quantitative estimate of drug-likeness (QED) is 0.187. The van der Waals surface area contributed by atoms with E-state index in [1.807, 2.05) is 26.0 Å². The number of anilines is 1. The van der Waals surface area contributed by atoms with Crippen molar-refractivity contribution in [1.82, 2.24) is 10.2 Å². The van der Waals surface area contributed by atoms with E-state index < -0.39 is 28.5 Å².